The number of thiophene rings is 1. The van der Waals surface area contributed by atoms with Gasteiger partial charge in [0, 0.05) is 61.5 Å². The minimum Gasteiger partial charge on any atom is -0.489 e. The minimum atomic E-state index is -0.403. The van der Waals surface area contributed by atoms with Gasteiger partial charge >= 0.3 is 11.7 Å². The first-order valence-corrected chi connectivity index (χ1v) is 12.5. The molecule has 2 saturated heterocycles. The van der Waals surface area contributed by atoms with Crippen LogP contribution in [0.15, 0.2) is 50.5 Å². The van der Waals surface area contributed by atoms with Gasteiger partial charge < -0.3 is 23.7 Å². The van der Waals surface area contributed by atoms with Gasteiger partial charge in [0.05, 0.1) is 22.2 Å². The summed E-state index contributed by atoms with van der Waals surface area (Å²) >= 11 is 1.42. The minimum absolute atomic E-state index is 0.0851. The van der Waals surface area contributed by atoms with Crippen LogP contribution in [0.3, 0.4) is 0 Å². The average molecular weight is 482 g/mol. The second-order valence-corrected chi connectivity index (χ2v) is 9.47. The molecule has 0 radical (unpaired) electrons. The van der Waals surface area contributed by atoms with E-state index in [0.29, 0.717) is 53.9 Å². The molecule has 0 saturated carbocycles. The number of fused-ring (bicyclic) bond motifs is 1. The molecule has 2 aromatic heterocycles. The summed E-state index contributed by atoms with van der Waals surface area (Å²) in [6.45, 7) is 8.37. The smallest absolute Gasteiger partial charge is 0.414 e. The molecule has 4 heterocycles. The molecule has 5 rings (SSSR count). The second kappa shape index (κ2) is 9.50. The van der Waals surface area contributed by atoms with E-state index >= 15 is 0 Å². The first-order chi connectivity index (χ1) is 16.5. The van der Waals surface area contributed by atoms with Crippen LogP contribution in [0.5, 0.6) is 5.75 Å². The Kier molecular flexibility index (Phi) is 6.28. The van der Waals surface area contributed by atoms with E-state index in [9.17, 15) is 9.59 Å². The van der Waals surface area contributed by atoms with Crippen molar-refractivity contribution in [2.45, 2.75) is 38.7 Å². The number of carbonyl (C=O) groups is 1. The molecule has 3 aromatic rings. The van der Waals surface area contributed by atoms with Crippen molar-refractivity contribution in [1.29, 1.82) is 0 Å². The quantitative estimate of drug-likeness (QED) is 0.473. The highest BCUT2D eigenvalue weighted by atomic mass is 32.1. The number of amides is 1. The Hall–Kier alpha value is -3.33. The number of carbonyl (C=O) groups excluding carboxylic acids is 1. The first kappa shape index (κ1) is 22.5. The molecule has 1 aromatic carbocycles. The van der Waals surface area contributed by atoms with Crippen LogP contribution in [0.2, 0.25) is 0 Å². The third kappa shape index (κ3) is 4.65. The predicted molar refractivity (Wildman–Crippen MR) is 132 cm³/mol. The van der Waals surface area contributed by atoms with E-state index in [1.807, 2.05) is 23.6 Å². The standard InChI is InChI=1S/C25H27N3O5S/c1-16(2)31-25(30)28-11-7-18(8-12-28)32-22-13-17(27-9-3-4-10-27)5-6-19(22)23-26-21-15-34-14-20(21)24(29)33-23/h5-6,13-15,18H,1,3-4,7-12H2,2H3. The first-order valence-electron chi connectivity index (χ1n) is 11.5. The van der Waals surface area contributed by atoms with Gasteiger partial charge in [0.15, 0.2) is 0 Å². The highest BCUT2D eigenvalue weighted by molar-refractivity contribution is 7.09. The molecule has 0 N–H and O–H groups in total. The molecule has 0 spiro atoms. The molecule has 0 bridgehead atoms. The molecule has 178 valence electrons. The van der Waals surface area contributed by atoms with Gasteiger partial charge in [0.1, 0.15) is 11.9 Å². The molecule has 9 heteroatoms. The average Bonchev–Trinajstić information content (AvgIpc) is 3.52. The van der Waals surface area contributed by atoms with E-state index < -0.39 is 5.63 Å². The Balaban J connectivity index is 1.41. The molecule has 0 atom stereocenters. The normalized spacial score (nSPS) is 16.7. The molecule has 2 aliphatic rings. The molecule has 2 fully saturated rings. The zero-order valence-corrected chi connectivity index (χ0v) is 19.9. The molecule has 1 amide bonds. The SMILES string of the molecule is C=C(C)OC(=O)N1CCC(Oc2cc(N3CCCC3)ccc2-c2nc3cscc3c(=O)o2)CC1. The Labute approximate surface area is 201 Å². The van der Waals surface area contributed by atoms with Crippen LogP contribution in [0, 0.1) is 0 Å². The summed E-state index contributed by atoms with van der Waals surface area (Å²) in [5.41, 5.74) is 1.95. The van der Waals surface area contributed by atoms with Gasteiger partial charge in [-0.2, -0.15) is 0 Å². The summed E-state index contributed by atoms with van der Waals surface area (Å²) in [6, 6.07) is 5.97. The van der Waals surface area contributed by atoms with E-state index in [1.54, 1.807) is 17.2 Å². The van der Waals surface area contributed by atoms with Gasteiger partial charge in [-0.15, -0.1) is 11.3 Å². The molecule has 0 unspecified atom stereocenters. The highest BCUT2D eigenvalue weighted by Crippen LogP contribution is 2.36. The number of benzene rings is 1. The fourth-order valence-corrected chi connectivity index (χ4v) is 5.16. The molecule has 2 aliphatic heterocycles. The lowest BCUT2D eigenvalue weighted by Crippen LogP contribution is -2.41. The fraction of sp³-hybridized carbons (Fsp3) is 0.400. The summed E-state index contributed by atoms with van der Waals surface area (Å²) in [5.74, 6) is 1.27. The van der Waals surface area contributed by atoms with E-state index in [4.69, 9.17) is 13.9 Å². The van der Waals surface area contributed by atoms with Gasteiger partial charge in [-0.1, -0.05) is 6.58 Å². The number of rotatable bonds is 5. The summed E-state index contributed by atoms with van der Waals surface area (Å²) in [6.07, 6.45) is 3.21. The fourth-order valence-electron chi connectivity index (χ4n) is 4.43. The summed E-state index contributed by atoms with van der Waals surface area (Å²) in [4.78, 5) is 33.2. The molecule has 34 heavy (non-hydrogen) atoms. The number of likely N-dealkylation sites (tertiary alicyclic amines) is 1. The third-order valence-corrected chi connectivity index (χ3v) is 6.93. The molecular weight excluding hydrogens is 454 g/mol. The van der Waals surface area contributed by atoms with Crippen molar-refractivity contribution >= 4 is 34.0 Å². The number of aromatic nitrogens is 1. The van der Waals surface area contributed by atoms with Crippen molar-refractivity contribution < 1.29 is 18.7 Å². The number of anilines is 1. The second-order valence-electron chi connectivity index (χ2n) is 8.73. The van der Waals surface area contributed by atoms with Crippen LogP contribution < -0.4 is 15.3 Å². The van der Waals surface area contributed by atoms with Crippen LogP contribution in [-0.4, -0.2) is 48.3 Å². The Morgan fingerprint density at radius 1 is 1.18 bits per heavy atom. The number of allylic oxidation sites excluding steroid dienone is 1. The van der Waals surface area contributed by atoms with Crippen molar-refractivity contribution in [3.63, 3.8) is 0 Å². The summed E-state index contributed by atoms with van der Waals surface area (Å²) in [7, 11) is 0. The van der Waals surface area contributed by atoms with E-state index in [-0.39, 0.29) is 18.1 Å². The van der Waals surface area contributed by atoms with Crippen LogP contribution in [0.4, 0.5) is 10.5 Å². The van der Waals surface area contributed by atoms with E-state index in [2.05, 4.69) is 16.5 Å². The van der Waals surface area contributed by atoms with Gasteiger partial charge in [-0.05, 0) is 31.9 Å². The third-order valence-electron chi connectivity index (χ3n) is 6.19. The number of nitrogens with zero attached hydrogens (tertiary/aromatic N) is 3. The van der Waals surface area contributed by atoms with Gasteiger partial charge in [-0.25, -0.2) is 14.6 Å². The molecular formula is C25H27N3O5S. The van der Waals surface area contributed by atoms with E-state index in [0.717, 1.165) is 18.8 Å². The lowest BCUT2D eigenvalue weighted by molar-refractivity contribution is 0.0822. The highest BCUT2D eigenvalue weighted by Gasteiger charge is 2.27. The van der Waals surface area contributed by atoms with Crippen molar-refractivity contribution in [3.8, 4) is 17.2 Å². The van der Waals surface area contributed by atoms with Crippen LogP contribution in [0.1, 0.15) is 32.6 Å². The van der Waals surface area contributed by atoms with Crippen LogP contribution in [0.25, 0.3) is 22.4 Å². The lowest BCUT2D eigenvalue weighted by Gasteiger charge is -2.32. The topological polar surface area (TPSA) is 85.1 Å². The Morgan fingerprint density at radius 3 is 2.68 bits per heavy atom. The monoisotopic (exact) mass is 481 g/mol. The number of piperidine rings is 1. The number of hydrogen-bond donors (Lipinski definition) is 0. The lowest BCUT2D eigenvalue weighted by atomic mass is 10.1. The van der Waals surface area contributed by atoms with Gasteiger partial charge in [0.25, 0.3) is 0 Å². The maximum absolute atomic E-state index is 12.5. The predicted octanol–water partition coefficient (Wildman–Crippen LogP) is 5.03. The number of ether oxygens (including phenoxy) is 2. The van der Waals surface area contributed by atoms with Crippen LogP contribution >= 0.6 is 11.3 Å². The maximum atomic E-state index is 12.5. The molecule has 0 aliphatic carbocycles. The zero-order valence-electron chi connectivity index (χ0n) is 19.1. The summed E-state index contributed by atoms with van der Waals surface area (Å²) < 4.78 is 17.2. The Bertz CT molecular complexity index is 1270. The maximum Gasteiger partial charge on any atom is 0.414 e. The molecule has 8 nitrogen and oxygen atoms in total. The van der Waals surface area contributed by atoms with E-state index in [1.165, 1.54) is 24.2 Å². The van der Waals surface area contributed by atoms with Crippen molar-refractivity contribution in [2.24, 2.45) is 0 Å². The Morgan fingerprint density at radius 2 is 1.94 bits per heavy atom. The summed E-state index contributed by atoms with van der Waals surface area (Å²) in [5, 5.41) is 4.08. The largest absolute Gasteiger partial charge is 0.489 e. The van der Waals surface area contributed by atoms with Gasteiger partial charge in [-0.3, -0.25) is 0 Å². The van der Waals surface area contributed by atoms with Crippen LogP contribution in [-0.2, 0) is 4.74 Å². The zero-order chi connectivity index (χ0) is 23.7. The number of hydrogen-bond acceptors (Lipinski definition) is 8. The van der Waals surface area contributed by atoms with Crippen molar-refractivity contribution in [3.05, 3.63) is 51.7 Å². The van der Waals surface area contributed by atoms with Crippen molar-refractivity contribution in [1.82, 2.24) is 9.88 Å². The van der Waals surface area contributed by atoms with Crippen molar-refractivity contribution in [2.75, 3.05) is 31.1 Å². The van der Waals surface area contributed by atoms with Gasteiger partial charge in [0.2, 0.25) is 5.89 Å².